The summed E-state index contributed by atoms with van der Waals surface area (Å²) in [6.07, 6.45) is -4.30. The average molecular weight is 352 g/mol. The summed E-state index contributed by atoms with van der Waals surface area (Å²) in [5.41, 5.74) is 1.64. The second-order valence-electron chi connectivity index (χ2n) is 3.74. The van der Waals surface area contributed by atoms with Gasteiger partial charge in [-0.05, 0) is 12.1 Å². The van der Waals surface area contributed by atoms with Gasteiger partial charge in [-0.1, -0.05) is 28.1 Å². The van der Waals surface area contributed by atoms with Gasteiger partial charge in [0.25, 0.3) is 0 Å². The molecule has 0 atom stereocenters. The molecule has 102 valence electrons. The molecule has 1 aromatic carbocycles. The zero-order chi connectivity index (χ0) is 13.9. The molecule has 19 heavy (non-hydrogen) atoms. The Bertz CT molecular complexity index is 556. The maximum atomic E-state index is 11.9. The quantitative estimate of drug-likeness (QED) is 0.799. The minimum absolute atomic E-state index is 0.127. The average Bonchev–Trinajstić information content (AvgIpc) is 2.76. The lowest BCUT2D eigenvalue weighted by Gasteiger charge is -2.05. The first-order chi connectivity index (χ1) is 8.94. The predicted octanol–water partition coefficient (Wildman–Crippen LogP) is 4.65. The molecule has 1 aromatic heterocycles. The number of hydrogen-bond donors (Lipinski definition) is 0. The van der Waals surface area contributed by atoms with E-state index in [9.17, 15) is 13.2 Å². The highest BCUT2D eigenvalue weighted by atomic mass is 79.9. The normalized spacial score (nSPS) is 11.8. The molecule has 0 fully saturated rings. The van der Waals surface area contributed by atoms with Gasteiger partial charge in [0.1, 0.15) is 11.6 Å². The zero-order valence-corrected chi connectivity index (χ0v) is 12.0. The molecular formula is C12H9BrF3NOS. The van der Waals surface area contributed by atoms with E-state index in [-0.39, 0.29) is 6.61 Å². The second-order valence-corrected chi connectivity index (χ2v) is 5.60. The summed E-state index contributed by atoms with van der Waals surface area (Å²) in [6.45, 7) is -1.38. The van der Waals surface area contributed by atoms with E-state index in [1.165, 1.54) is 11.3 Å². The first-order valence-corrected chi connectivity index (χ1v) is 6.96. The molecule has 7 heteroatoms. The van der Waals surface area contributed by atoms with Crippen LogP contribution < -0.4 is 0 Å². The molecule has 0 aliphatic carbocycles. The van der Waals surface area contributed by atoms with Crippen LogP contribution in [0.4, 0.5) is 13.2 Å². The van der Waals surface area contributed by atoms with Gasteiger partial charge in [-0.25, -0.2) is 4.98 Å². The van der Waals surface area contributed by atoms with Crippen molar-refractivity contribution in [2.75, 3.05) is 6.61 Å². The fourth-order valence-corrected chi connectivity index (χ4v) is 2.55. The lowest BCUT2D eigenvalue weighted by molar-refractivity contribution is -0.176. The number of benzene rings is 1. The van der Waals surface area contributed by atoms with Crippen LogP contribution >= 0.6 is 27.3 Å². The van der Waals surface area contributed by atoms with Crippen molar-refractivity contribution in [1.29, 1.82) is 0 Å². The van der Waals surface area contributed by atoms with Crippen LogP contribution in [-0.4, -0.2) is 17.8 Å². The molecule has 0 aliphatic rings. The van der Waals surface area contributed by atoms with Gasteiger partial charge in [0, 0.05) is 15.4 Å². The number of hydrogen-bond acceptors (Lipinski definition) is 3. The van der Waals surface area contributed by atoms with Crippen LogP contribution in [0.15, 0.2) is 34.1 Å². The van der Waals surface area contributed by atoms with Gasteiger partial charge in [0.2, 0.25) is 0 Å². The van der Waals surface area contributed by atoms with Crippen molar-refractivity contribution in [2.24, 2.45) is 0 Å². The SMILES string of the molecule is FC(F)(F)COCc1nc(-c2cccc(Br)c2)cs1. The molecule has 0 bridgehead atoms. The Kier molecular flexibility index (Phi) is 4.59. The minimum Gasteiger partial charge on any atom is -0.365 e. The molecule has 0 aliphatic heterocycles. The molecule has 0 unspecified atom stereocenters. The monoisotopic (exact) mass is 351 g/mol. The first-order valence-electron chi connectivity index (χ1n) is 5.29. The van der Waals surface area contributed by atoms with E-state index in [1.54, 1.807) is 5.38 Å². The minimum atomic E-state index is -4.30. The molecule has 2 aromatic rings. The highest BCUT2D eigenvalue weighted by Crippen LogP contribution is 2.25. The van der Waals surface area contributed by atoms with Gasteiger partial charge in [-0.15, -0.1) is 11.3 Å². The molecular weight excluding hydrogens is 343 g/mol. The van der Waals surface area contributed by atoms with Gasteiger partial charge in [-0.2, -0.15) is 13.2 Å². The predicted molar refractivity (Wildman–Crippen MR) is 71.0 cm³/mol. The second kappa shape index (κ2) is 6.02. The Morgan fingerprint density at radius 1 is 1.32 bits per heavy atom. The number of thiazole rings is 1. The van der Waals surface area contributed by atoms with Crippen LogP contribution in [0.2, 0.25) is 0 Å². The van der Waals surface area contributed by atoms with Crippen LogP contribution in [0.25, 0.3) is 11.3 Å². The van der Waals surface area contributed by atoms with Crippen LogP contribution in [0.3, 0.4) is 0 Å². The van der Waals surface area contributed by atoms with E-state index in [0.29, 0.717) is 5.01 Å². The summed E-state index contributed by atoms with van der Waals surface area (Å²) < 4.78 is 41.3. The molecule has 0 amide bonds. The number of nitrogens with zero attached hydrogens (tertiary/aromatic N) is 1. The summed E-state index contributed by atoms with van der Waals surface area (Å²) in [5, 5.41) is 2.33. The third-order valence-corrected chi connectivity index (χ3v) is 3.48. The summed E-state index contributed by atoms with van der Waals surface area (Å²) in [7, 11) is 0. The summed E-state index contributed by atoms with van der Waals surface area (Å²) in [4.78, 5) is 4.25. The van der Waals surface area contributed by atoms with Crippen molar-refractivity contribution in [3.8, 4) is 11.3 Å². The van der Waals surface area contributed by atoms with Crippen molar-refractivity contribution in [3.05, 3.63) is 39.1 Å². The van der Waals surface area contributed by atoms with Gasteiger partial charge in [0.15, 0.2) is 0 Å². The number of halogens is 4. The van der Waals surface area contributed by atoms with E-state index in [0.717, 1.165) is 15.7 Å². The summed E-state index contributed by atoms with van der Waals surface area (Å²) in [5.74, 6) is 0. The highest BCUT2D eigenvalue weighted by Gasteiger charge is 2.27. The molecule has 0 N–H and O–H groups in total. The summed E-state index contributed by atoms with van der Waals surface area (Å²) in [6, 6.07) is 7.55. The van der Waals surface area contributed by atoms with Gasteiger partial charge >= 0.3 is 6.18 Å². The molecule has 2 nitrogen and oxygen atoms in total. The molecule has 0 saturated carbocycles. The standard InChI is InChI=1S/C12H9BrF3NOS/c13-9-3-1-2-8(4-9)10-6-19-11(17-10)5-18-7-12(14,15)16/h1-4,6H,5,7H2. The Labute approximate surface area is 120 Å². The van der Waals surface area contributed by atoms with Gasteiger partial charge in [0.05, 0.1) is 12.3 Å². The molecule has 1 heterocycles. The Morgan fingerprint density at radius 3 is 2.79 bits per heavy atom. The van der Waals surface area contributed by atoms with Crippen molar-refractivity contribution >= 4 is 27.3 Å². The van der Waals surface area contributed by atoms with E-state index in [2.05, 4.69) is 25.7 Å². The van der Waals surface area contributed by atoms with Crippen LogP contribution in [0.1, 0.15) is 5.01 Å². The van der Waals surface area contributed by atoms with Crippen LogP contribution in [-0.2, 0) is 11.3 Å². The number of alkyl halides is 3. The fraction of sp³-hybridized carbons (Fsp3) is 0.250. The summed E-state index contributed by atoms with van der Waals surface area (Å²) >= 11 is 4.64. The Morgan fingerprint density at radius 2 is 2.11 bits per heavy atom. The molecule has 0 spiro atoms. The number of rotatable bonds is 4. The van der Waals surface area contributed by atoms with Crippen molar-refractivity contribution in [2.45, 2.75) is 12.8 Å². The van der Waals surface area contributed by atoms with E-state index in [1.807, 2.05) is 24.3 Å². The zero-order valence-electron chi connectivity index (χ0n) is 9.58. The molecule has 0 radical (unpaired) electrons. The van der Waals surface area contributed by atoms with E-state index >= 15 is 0 Å². The van der Waals surface area contributed by atoms with E-state index in [4.69, 9.17) is 0 Å². The number of ether oxygens (including phenoxy) is 1. The smallest absolute Gasteiger partial charge is 0.365 e. The third-order valence-electron chi connectivity index (χ3n) is 2.16. The topological polar surface area (TPSA) is 22.1 Å². The lowest BCUT2D eigenvalue weighted by Crippen LogP contribution is -2.16. The van der Waals surface area contributed by atoms with Gasteiger partial charge in [-0.3, -0.25) is 0 Å². The maximum absolute atomic E-state index is 11.9. The fourth-order valence-electron chi connectivity index (χ4n) is 1.41. The van der Waals surface area contributed by atoms with Crippen molar-refractivity contribution in [1.82, 2.24) is 4.98 Å². The largest absolute Gasteiger partial charge is 0.411 e. The number of aromatic nitrogens is 1. The van der Waals surface area contributed by atoms with Crippen molar-refractivity contribution in [3.63, 3.8) is 0 Å². The first kappa shape index (κ1) is 14.5. The van der Waals surface area contributed by atoms with E-state index < -0.39 is 12.8 Å². The Balaban J connectivity index is 1.99. The van der Waals surface area contributed by atoms with Crippen LogP contribution in [0, 0.1) is 0 Å². The molecule has 0 saturated heterocycles. The lowest BCUT2D eigenvalue weighted by atomic mass is 10.2. The maximum Gasteiger partial charge on any atom is 0.411 e. The third kappa shape index (κ3) is 4.59. The van der Waals surface area contributed by atoms with Crippen molar-refractivity contribution < 1.29 is 17.9 Å². The van der Waals surface area contributed by atoms with Gasteiger partial charge < -0.3 is 4.74 Å². The molecule has 2 rings (SSSR count). The highest BCUT2D eigenvalue weighted by molar-refractivity contribution is 9.10. The Hall–Kier alpha value is -0.920. The van der Waals surface area contributed by atoms with Crippen LogP contribution in [0.5, 0.6) is 0 Å².